The lowest BCUT2D eigenvalue weighted by atomic mass is 10.3. The normalized spacial score (nSPS) is 10.1. The minimum absolute atomic E-state index is 0.0779. The Morgan fingerprint density at radius 1 is 1.31 bits per heavy atom. The Morgan fingerprint density at radius 2 is 2.12 bits per heavy atom. The molecular weight excluding hydrogens is 209 g/mol. The van der Waals surface area contributed by atoms with Crippen molar-refractivity contribution >= 4 is 5.69 Å². The summed E-state index contributed by atoms with van der Waals surface area (Å²) in [6.45, 7) is 1.85. The van der Waals surface area contributed by atoms with Crippen molar-refractivity contribution < 1.29 is 9.13 Å². The summed E-state index contributed by atoms with van der Waals surface area (Å²) >= 11 is 0. The SMILES string of the molecule is Cc1cnnc(Oc2ccc(N)cc2F)c1. The molecular formula is C11H10FN3O. The molecule has 1 aromatic carbocycles. The number of nitrogens with zero attached hydrogens (tertiary/aromatic N) is 2. The monoisotopic (exact) mass is 219 g/mol. The van der Waals surface area contributed by atoms with E-state index in [2.05, 4.69) is 10.2 Å². The highest BCUT2D eigenvalue weighted by molar-refractivity contribution is 5.43. The number of hydrogen-bond acceptors (Lipinski definition) is 4. The highest BCUT2D eigenvalue weighted by atomic mass is 19.1. The summed E-state index contributed by atoms with van der Waals surface area (Å²) in [6, 6.07) is 5.87. The van der Waals surface area contributed by atoms with E-state index in [0.717, 1.165) is 5.56 Å². The summed E-state index contributed by atoms with van der Waals surface area (Å²) in [7, 11) is 0. The second-order valence-corrected chi connectivity index (χ2v) is 3.36. The quantitative estimate of drug-likeness (QED) is 0.787. The van der Waals surface area contributed by atoms with Gasteiger partial charge in [-0.15, -0.1) is 5.10 Å². The molecule has 5 heteroatoms. The smallest absolute Gasteiger partial charge is 0.239 e. The van der Waals surface area contributed by atoms with Crippen LogP contribution in [0.15, 0.2) is 30.5 Å². The molecule has 1 heterocycles. The van der Waals surface area contributed by atoms with Gasteiger partial charge in [0.25, 0.3) is 0 Å². The number of ether oxygens (including phenoxy) is 1. The standard InChI is InChI=1S/C11H10FN3O/c1-7-4-11(15-14-6-7)16-10-3-2-8(13)5-9(10)12/h2-6H,13H2,1H3. The van der Waals surface area contributed by atoms with Crippen molar-refractivity contribution in [2.24, 2.45) is 0 Å². The second-order valence-electron chi connectivity index (χ2n) is 3.36. The molecule has 2 N–H and O–H groups in total. The third kappa shape index (κ3) is 2.25. The molecule has 0 aliphatic heterocycles. The minimum atomic E-state index is -0.525. The molecule has 2 rings (SSSR count). The first-order valence-electron chi connectivity index (χ1n) is 4.67. The summed E-state index contributed by atoms with van der Waals surface area (Å²) in [4.78, 5) is 0. The first kappa shape index (κ1) is 10.4. The third-order valence-electron chi connectivity index (χ3n) is 1.94. The largest absolute Gasteiger partial charge is 0.434 e. The van der Waals surface area contributed by atoms with E-state index >= 15 is 0 Å². The molecule has 2 aromatic rings. The minimum Gasteiger partial charge on any atom is -0.434 e. The van der Waals surface area contributed by atoms with E-state index in [1.54, 1.807) is 18.3 Å². The summed E-state index contributed by atoms with van der Waals surface area (Å²) in [5, 5.41) is 7.43. The zero-order valence-corrected chi connectivity index (χ0v) is 8.64. The molecule has 0 unspecified atom stereocenters. The van der Waals surface area contributed by atoms with Crippen LogP contribution in [0.4, 0.5) is 10.1 Å². The van der Waals surface area contributed by atoms with Crippen LogP contribution in [0.25, 0.3) is 0 Å². The molecule has 0 amide bonds. The number of rotatable bonds is 2. The Bertz CT molecular complexity index is 516. The highest BCUT2D eigenvalue weighted by Crippen LogP contribution is 2.24. The van der Waals surface area contributed by atoms with E-state index < -0.39 is 5.82 Å². The molecule has 0 aliphatic rings. The van der Waals surface area contributed by atoms with Crippen LogP contribution in [0.5, 0.6) is 11.6 Å². The Hall–Kier alpha value is -2.17. The zero-order chi connectivity index (χ0) is 11.5. The van der Waals surface area contributed by atoms with Gasteiger partial charge in [-0.3, -0.25) is 0 Å². The van der Waals surface area contributed by atoms with Crippen LogP contribution in [0.3, 0.4) is 0 Å². The first-order valence-corrected chi connectivity index (χ1v) is 4.67. The van der Waals surface area contributed by atoms with Gasteiger partial charge in [0.05, 0.1) is 6.20 Å². The van der Waals surface area contributed by atoms with E-state index in [0.29, 0.717) is 5.69 Å². The number of anilines is 1. The molecule has 0 radical (unpaired) electrons. The number of hydrogen-bond donors (Lipinski definition) is 1. The molecule has 82 valence electrons. The van der Waals surface area contributed by atoms with E-state index in [1.165, 1.54) is 12.1 Å². The van der Waals surface area contributed by atoms with Crippen molar-refractivity contribution in [2.75, 3.05) is 5.73 Å². The predicted molar refractivity (Wildman–Crippen MR) is 57.7 cm³/mol. The van der Waals surface area contributed by atoms with Crippen LogP contribution >= 0.6 is 0 Å². The fraction of sp³-hybridized carbons (Fsp3) is 0.0909. The first-order chi connectivity index (χ1) is 7.65. The van der Waals surface area contributed by atoms with Crippen molar-refractivity contribution in [1.82, 2.24) is 10.2 Å². The lowest BCUT2D eigenvalue weighted by molar-refractivity contribution is 0.421. The van der Waals surface area contributed by atoms with Gasteiger partial charge in [-0.2, -0.15) is 5.10 Å². The van der Waals surface area contributed by atoms with Gasteiger partial charge in [0.15, 0.2) is 11.6 Å². The molecule has 0 spiro atoms. The van der Waals surface area contributed by atoms with Crippen LogP contribution in [0.1, 0.15) is 5.56 Å². The Morgan fingerprint density at radius 3 is 2.81 bits per heavy atom. The van der Waals surface area contributed by atoms with E-state index in [1.807, 2.05) is 6.92 Å². The molecule has 0 atom stereocenters. The molecule has 0 saturated carbocycles. The van der Waals surface area contributed by atoms with Crippen molar-refractivity contribution in [3.8, 4) is 11.6 Å². The van der Waals surface area contributed by atoms with E-state index in [4.69, 9.17) is 10.5 Å². The molecule has 0 fully saturated rings. The van der Waals surface area contributed by atoms with Crippen LogP contribution in [0, 0.1) is 12.7 Å². The Balaban J connectivity index is 2.27. The molecule has 1 aromatic heterocycles. The maximum atomic E-state index is 13.4. The van der Waals surface area contributed by atoms with Crippen molar-refractivity contribution in [3.05, 3.63) is 41.8 Å². The van der Waals surface area contributed by atoms with Crippen molar-refractivity contribution in [1.29, 1.82) is 0 Å². The number of nitrogens with two attached hydrogens (primary N) is 1. The third-order valence-corrected chi connectivity index (χ3v) is 1.94. The maximum absolute atomic E-state index is 13.4. The molecule has 4 nitrogen and oxygen atoms in total. The van der Waals surface area contributed by atoms with Crippen LogP contribution < -0.4 is 10.5 Å². The number of aromatic nitrogens is 2. The molecule has 0 aliphatic carbocycles. The van der Waals surface area contributed by atoms with Gasteiger partial charge < -0.3 is 10.5 Å². The molecule has 0 saturated heterocycles. The number of halogens is 1. The zero-order valence-electron chi connectivity index (χ0n) is 8.64. The van der Waals surface area contributed by atoms with Gasteiger partial charge in [-0.05, 0) is 24.6 Å². The fourth-order valence-corrected chi connectivity index (χ4v) is 1.20. The second kappa shape index (κ2) is 4.14. The predicted octanol–water partition coefficient (Wildman–Crippen LogP) is 2.30. The molecule has 0 bridgehead atoms. The van der Waals surface area contributed by atoms with Gasteiger partial charge in [-0.25, -0.2) is 4.39 Å². The van der Waals surface area contributed by atoms with Crippen molar-refractivity contribution in [2.45, 2.75) is 6.92 Å². The van der Waals surface area contributed by atoms with Gasteiger partial charge in [-0.1, -0.05) is 0 Å². The average Bonchev–Trinajstić information content (AvgIpc) is 2.22. The van der Waals surface area contributed by atoms with Gasteiger partial charge in [0.1, 0.15) is 0 Å². The van der Waals surface area contributed by atoms with Crippen molar-refractivity contribution in [3.63, 3.8) is 0 Å². The fourth-order valence-electron chi connectivity index (χ4n) is 1.20. The van der Waals surface area contributed by atoms with E-state index in [-0.39, 0.29) is 11.6 Å². The summed E-state index contributed by atoms with van der Waals surface area (Å²) in [6.07, 6.45) is 1.59. The maximum Gasteiger partial charge on any atom is 0.239 e. The summed E-state index contributed by atoms with van der Waals surface area (Å²) in [5.41, 5.74) is 6.66. The highest BCUT2D eigenvalue weighted by Gasteiger charge is 2.06. The lowest BCUT2D eigenvalue weighted by Gasteiger charge is -2.05. The van der Waals surface area contributed by atoms with Crippen LogP contribution in [-0.4, -0.2) is 10.2 Å². The van der Waals surface area contributed by atoms with Gasteiger partial charge >= 0.3 is 0 Å². The lowest BCUT2D eigenvalue weighted by Crippen LogP contribution is -1.94. The van der Waals surface area contributed by atoms with Gasteiger partial charge in [0.2, 0.25) is 5.88 Å². The Kier molecular flexibility index (Phi) is 2.68. The average molecular weight is 219 g/mol. The number of aryl methyl sites for hydroxylation is 1. The van der Waals surface area contributed by atoms with Crippen LogP contribution in [0.2, 0.25) is 0 Å². The Labute approximate surface area is 91.9 Å². The summed E-state index contributed by atoms with van der Waals surface area (Å²) < 4.78 is 18.6. The number of benzene rings is 1. The topological polar surface area (TPSA) is 61.0 Å². The van der Waals surface area contributed by atoms with E-state index in [9.17, 15) is 4.39 Å². The molecule has 16 heavy (non-hydrogen) atoms. The summed E-state index contributed by atoms with van der Waals surface area (Å²) in [5.74, 6) is -0.193. The van der Waals surface area contributed by atoms with Crippen LogP contribution in [-0.2, 0) is 0 Å². The number of nitrogen functional groups attached to an aromatic ring is 1. The van der Waals surface area contributed by atoms with Gasteiger partial charge in [0, 0.05) is 17.8 Å².